The van der Waals surface area contributed by atoms with E-state index in [-0.39, 0.29) is 6.03 Å². The van der Waals surface area contributed by atoms with Crippen LogP contribution in [0.25, 0.3) is 0 Å². The van der Waals surface area contributed by atoms with E-state index in [2.05, 4.69) is 5.32 Å². The molecule has 1 rings (SSSR count). The first-order valence-corrected chi connectivity index (χ1v) is 5.85. The van der Waals surface area contributed by atoms with E-state index in [1.807, 2.05) is 13.8 Å². The summed E-state index contributed by atoms with van der Waals surface area (Å²) in [5.74, 6) is 0. The fourth-order valence-electron chi connectivity index (χ4n) is 1.30. The van der Waals surface area contributed by atoms with Gasteiger partial charge < -0.3 is 10.2 Å². The largest absolute Gasteiger partial charge is 0.325 e. The second kappa shape index (κ2) is 5.97. The van der Waals surface area contributed by atoms with Crippen molar-refractivity contribution in [2.75, 3.05) is 18.4 Å². The molecule has 5 heteroatoms. The smallest absolute Gasteiger partial charge is 0.321 e. The van der Waals surface area contributed by atoms with E-state index in [0.29, 0.717) is 28.8 Å². The fourth-order valence-corrected chi connectivity index (χ4v) is 1.64. The topological polar surface area (TPSA) is 32.3 Å². The molecule has 88 valence electrons. The first-order valence-electron chi connectivity index (χ1n) is 5.09. The highest BCUT2D eigenvalue weighted by Gasteiger charge is 2.11. The first-order chi connectivity index (χ1) is 7.58. The average Bonchev–Trinajstić information content (AvgIpc) is 2.25. The second-order valence-electron chi connectivity index (χ2n) is 3.23. The summed E-state index contributed by atoms with van der Waals surface area (Å²) in [5.41, 5.74) is 0.533. The highest BCUT2D eigenvalue weighted by atomic mass is 35.5. The van der Waals surface area contributed by atoms with Gasteiger partial charge in [0.1, 0.15) is 0 Å². The average molecular weight is 261 g/mol. The standard InChI is InChI=1S/C11H14Cl2N2O/c1-3-15(4-2)11(16)14-10-7-8(12)5-6-9(10)13/h5-7H,3-4H2,1-2H3,(H,14,16). The molecule has 3 nitrogen and oxygen atoms in total. The molecule has 0 unspecified atom stereocenters. The molecule has 0 radical (unpaired) electrons. The van der Waals surface area contributed by atoms with Gasteiger partial charge in [-0.3, -0.25) is 0 Å². The molecule has 1 N–H and O–H groups in total. The lowest BCUT2D eigenvalue weighted by molar-refractivity contribution is 0.217. The number of urea groups is 1. The number of nitrogens with zero attached hydrogens (tertiary/aromatic N) is 1. The van der Waals surface area contributed by atoms with Gasteiger partial charge in [0.15, 0.2) is 0 Å². The van der Waals surface area contributed by atoms with Gasteiger partial charge in [-0.25, -0.2) is 4.79 Å². The van der Waals surface area contributed by atoms with Crippen molar-refractivity contribution in [2.45, 2.75) is 13.8 Å². The van der Waals surface area contributed by atoms with Gasteiger partial charge in [-0.15, -0.1) is 0 Å². The monoisotopic (exact) mass is 260 g/mol. The molecule has 0 spiro atoms. The van der Waals surface area contributed by atoms with Gasteiger partial charge in [0.05, 0.1) is 10.7 Å². The van der Waals surface area contributed by atoms with Crippen molar-refractivity contribution in [3.63, 3.8) is 0 Å². The summed E-state index contributed by atoms with van der Waals surface area (Å²) in [4.78, 5) is 13.4. The molecule has 0 atom stereocenters. The molecular weight excluding hydrogens is 247 g/mol. The number of hydrogen-bond acceptors (Lipinski definition) is 1. The van der Waals surface area contributed by atoms with Gasteiger partial charge >= 0.3 is 6.03 Å². The van der Waals surface area contributed by atoms with Crippen molar-refractivity contribution in [1.82, 2.24) is 4.90 Å². The predicted octanol–water partition coefficient (Wildman–Crippen LogP) is 3.87. The van der Waals surface area contributed by atoms with Crippen LogP contribution in [0.1, 0.15) is 13.8 Å². The Morgan fingerprint density at radius 3 is 2.50 bits per heavy atom. The van der Waals surface area contributed by atoms with Gasteiger partial charge in [0, 0.05) is 18.1 Å². The van der Waals surface area contributed by atoms with Crippen LogP contribution >= 0.6 is 23.2 Å². The maximum Gasteiger partial charge on any atom is 0.321 e. The molecule has 0 bridgehead atoms. The molecule has 16 heavy (non-hydrogen) atoms. The number of amides is 2. The van der Waals surface area contributed by atoms with E-state index < -0.39 is 0 Å². The summed E-state index contributed by atoms with van der Waals surface area (Å²) in [6.45, 7) is 5.15. The van der Waals surface area contributed by atoms with Crippen molar-refractivity contribution in [2.24, 2.45) is 0 Å². The van der Waals surface area contributed by atoms with Crippen molar-refractivity contribution >= 4 is 34.9 Å². The molecule has 0 aliphatic heterocycles. The second-order valence-corrected chi connectivity index (χ2v) is 4.07. The number of hydrogen-bond donors (Lipinski definition) is 1. The third-order valence-corrected chi connectivity index (χ3v) is 2.79. The summed E-state index contributed by atoms with van der Waals surface area (Å²) in [6.07, 6.45) is 0. The number of halogens is 2. The Morgan fingerprint density at radius 1 is 1.31 bits per heavy atom. The number of anilines is 1. The van der Waals surface area contributed by atoms with E-state index in [4.69, 9.17) is 23.2 Å². The quantitative estimate of drug-likeness (QED) is 0.880. The van der Waals surface area contributed by atoms with Gasteiger partial charge in [0.25, 0.3) is 0 Å². The maximum absolute atomic E-state index is 11.8. The minimum Gasteiger partial charge on any atom is -0.325 e. The minimum atomic E-state index is -0.172. The van der Waals surface area contributed by atoms with E-state index >= 15 is 0 Å². The van der Waals surface area contributed by atoms with E-state index in [1.165, 1.54) is 0 Å². The van der Waals surface area contributed by atoms with Crippen LogP contribution in [-0.4, -0.2) is 24.0 Å². The molecular formula is C11H14Cl2N2O. The van der Waals surface area contributed by atoms with Crippen LogP contribution in [0.4, 0.5) is 10.5 Å². The summed E-state index contributed by atoms with van der Waals surface area (Å²) in [5, 5.41) is 3.74. The highest BCUT2D eigenvalue weighted by molar-refractivity contribution is 6.35. The Morgan fingerprint density at radius 2 is 1.94 bits per heavy atom. The van der Waals surface area contributed by atoms with Crippen LogP contribution in [0.15, 0.2) is 18.2 Å². The van der Waals surface area contributed by atoms with Crippen LogP contribution in [0.5, 0.6) is 0 Å². The van der Waals surface area contributed by atoms with Crippen LogP contribution < -0.4 is 5.32 Å². The van der Waals surface area contributed by atoms with Crippen LogP contribution in [0.2, 0.25) is 10.0 Å². The third kappa shape index (κ3) is 3.29. The zero-order valence-corrected chi connectivity index (χ0v) is 10.8. The number of benzene rings is 1. The lowest BCUT2D eigenvalue weighted by atomic mass is 10.3. The normalized spacial score (nSPS) is 10.0. The van der Waals surface area contributed by atoms with Gasteiger partial charge in [-0.2, -0.15) is 0 Å². The van der Waals surface area contributed by atoms with E-state index in [9.17, 15) is 4.79 Å². The zero-order chi connectivity index (χ0) is 12.1. The lowest BCUT2D eigenvalue weighted by Crippen LogP contribution is -2.34. The molecule has 0 aliphatic rings. The highest BCUT2D eigenvalue weighted by Crippen LogP contribution is 2.25. The Bertz CT molecular complexity index is 378. The third-order valence-electron chi connectivity index (χ3n) is 2.22. The van der Waals surface area contributed by atoms with Gasteiger partial charge in [-0.05, 0) is 32.0 Å². The molecule has 0 saturated carbocycles. The number of rotatable bonds is 3. The lowest BCUT2D eigenvalue weighted by Gasteiger charge is -2.19. The van der Waals surface area contributed by atoms with E-state index in [1.54, 1.807) is 23.1 Å². The summed E-state index contributed by atoms with van der Waals surface area (Å²) in [7, 11) is 0. The van der Waals surface area contributed by atoms with E-state index in [0.717, 1.165) is 0 Å². The van der Waals surface area contributed by atoms with Gasteiger partial charge in [0.2, 0.25) is 0 Å². The molecule has 0 aliphatic carbocycles. The number of nitrogens with one attached hydrogen (secondary N) is 1. The Kier molecular flexibility index (Phi) is 4.90. The van der Waals surface area contributed by atoms with Crippen molar-refractivity contribution in [3.8, 4) is 0 Å². The summed E-state index contributed by atoms with van der Waals surface area (Å²) < 4.78 is 0. The predicted molar refractivity (Wildman–Crippen MR) is 68.4 cm³/mol. The number of carbonyl (C=O) groups excluding carboxylic acids is 1. The summed E-state index contributed by atoms with van der Waals surface area (Å²) in [6, 6.07) is 4.79. The minimum absolute atomic E-state index is 0.172. The number of carbonyl (C=O) groups is 1. The zero-order valence-electron chi connectivity index (χ0n) is 9.26. The van der Waals surface area contributed by atoms with Crippen molar-refractivity contribution in [1.29, 1.82) is 0 Å². The van der Waals surface area contributed by atoms with Crippen molar-refractivity contribution in [3.05, 3.63) is 28.2 Å². The SMILES string of the molecule is CCN(CC)C(=O)Nc1cc(Cl)ccc1Cl. The summed E-state index contributed by atoms with van der Waals surface area (Å²) >= 11 is 11.8. The Hall–Kier alpha value is -0.930. The molecule has 0 heterocycles. The molecule has 0 aromatic heterocycles. The Balaban J connectivity index is 2.80. The van der Waals surface area contributed by atoms with Crippen LogP contribution in [0, 0.1) is 0 Å². The molecule has 1 aromatic rings. The van der Waals surface area contributed by atoms with Gasteiger partial charge in [-0.1, -0.05) is 23.2 Å². The maximum atomic E-state index is 11.8. The first kappa shape index (κ1) is 13.1. The van der Waals surface area contributed by atoms with Crippen LogP contribution in [0.3, 0.4) is 0 Å². The Labute approximate surface area is 105 Å². The van der Waals surface area contributed by atoms with Crippen LogP contribution in [-0.2, 0) is 0 Å². The molecule has 2 amide bonds. The van der Waals surface area contributed by atoms with Crippen molar-refractivity contribution < 1.29 is 4.79 Å². The molecule has 1 aromatic carbocycles. The molecule has 0 fully saturated rings. The fraction of sp³-hybridized carbons (Fsp3) is 0.364. The molecule has 0 saturated heterocycles.